The molecule has 0 radical (unpaired) electrons. The predicted molar refractivity (Wildman–Crippen MR) is 70.6 cm³/mol. The van der Waals surface area contributed by atoms with Crippen molar-refractivity contribution in [2.45, 2.75) is 32.6 Å². The Morgan fingerprint density at radius 2 is 2.06 bits per heavy atom. The van der Waals surface area contributed by atoms with Crippen LogP contribution in [0.1, 0.15) is 32.6 Å². The van der Waals surface area contributed by atoms with E-state index in [2.05, 4.69) is 12.2 Å². The molecule has 0 atom stereocenters. The molecule has 90 valence electrons. The number of rotatable bonds is 7. The Balaban J connectivity index is 2.42. The highest BCUT2D eigenvalue weighted by atomic mass is 35.5. The van der Waals surface area contributed by atoms with Crippen molar-refractivity contribution in [3.8, 4) is 5.75 Å². The van der Waals surface area contributed by atoms with Crippen molar-refractivity contribution in [2.24, 2.45) is 0 Å². The van der Waals surface area contributed by atoms with E-state index in [1.54, 1.807) is 7.11 Å². The van der Waals surface area contributed by atoms with Crippen LogP contribution < -0.4 is 10.1 Å². The fourth-order valence-electron chi connectivity index (χ4n) is 1.59. The Bertz CT molecular complexity index is 315. The fraction of sp³-hybridized carbons (Fsp3) is 0.538. The van der Waals surface area contributed by atoms with Crippen LogP contribution in [0.3, 0.4) is 0 Å². The van der Waals surface area contributed by atoms with E-state index in [1.807, 2.05) is 18.2 Å². The third-order valence-corrected chi connectivity index (χ3v) is 2.74. The highest BCUT2D eigenvalue weighted by Crippen LogP contribution is 2.27. The number of hydrogen-bond acceptors (Lipinski definition) is 2. The van der Waals surface area contributed by atoms with Gasteiger partial charge in [0.05, 0.1) is 12.8 Å². The lowest BCUT2D eigenvalue weighted by Gasteiger charge is -2.11. The number of benzene rings is 1. The Morgan fingerprint density at radius 3 is 2.75 bits per heavy atom. The van der Waals surface area contributed by atoms with Crippen LogP contribution in [-0.2, 0) is 0 Å². The minimum atomic E-state index is 0.733. The maximum Gasteiger partial charge on any atom is 0.142 e. The molecule has 1 aromatic rings. The summed E-state index contributed by atoms with van der Waals surface area (Å²) in [6.07, 6.45) is 5.02. The molecular formula is C13H20ClNO. The molecule has 0 unspecified atom stereocenters. The van der Waals surface area contributed by atoms with Crippen molar-refractivity contribution < 1.29 is 4.74 Å². The molecule has 0 saturated heterocycles. The molecule has 0 aliphatic rings. The Hall–Kier alpha value is -0.890. The molecule has 0 aliphatic carbocycles. The van der Waals surface area contributed by atoms with Crippen LogP contribution in [0.25, 0.3) is 0 Å². The van der Waals surface area contributed by atoms with Crippen molar-refractivity contribution >= 4 is 17.3 Å². The number of halogens is 1. The second-order valence-electron chi connectivity index (χ2n) is 3.83. The molecule has 0 aromatic heterocycles. The van der Waals surface area contributed by atoms with Crippen LogP contribution >= 0.6 is 11.6 Å². The highest BCUT2D eigenvalue weighted by molar-refractivity contribution is 6.30. The number of ether oxygens (including phenoxy) is 1. The lowest BCUT2D eigenvalue weighted by Crippen LogP contribution is -2.03. The largest absolute Gasteiger partial charge is 0.495 e. The topological polar surface area (TPSA) is 21.3 Å². The fourth-order valence-corrected chi connectivity index (χ4v) is 1.77. The molecule has 0 heterocycles. The first-order valence-corrected chi connectivity index (χ1v) is 6.23. The molecule has 0 amide bonds. The standard InChI is InChI=1S/C13H20ClNO/c1-3-4-5-6-9-15-12-10-11(14)7-8-13(12)16-2/h7-8,10,15H,3-6,9H2,1-2H3. The van der Waals surface area contributed by atoms with E-state index in [1.165, 1.54) is 25.7 Å². The van der Waals surface area contributed by atoms with Crippen molar-refractivity contribution in [3.63, 3.8) is 0 Å². The first kappa shape index (κ1) is 13.2. The summed E-state index contributed by atoms with van der Waals surface area (Å²) in [5.41, 5.74) is 0.978. The van der Waals surface area contributed by atoms with Gasteiger partial charge in [0.1, 0.15) is 5.75 Å². The zero-order valence-electron chi connectivity index (χ0n) is 10.1. The van der Waals surface area contributed by atoms with Gasteiger partial charge in [-0.1, -0.05) is 37.8 Å². The van der Waals surface area contributed by atoms with Crippen LogP contribution in [-0.4, -0.2) is 13.7 Å². The Morgan fingerprint density at radius 1 is 1.25 bits per heavy atom. The van der Waals surface area contributed by atoms with Crippen LogP contribution in [0.4, 0.5) is 5.69 Å². The van der Waals surface area contributed by atoms with E-state index in [0.29, 0.717) is 0 Å². The molecule has 3 heteroatoms. The minimum Gasteiger partial charge on any atom is -0.495 e. The molecule has 0 bridgehead atoms. The monoisotopic (exact) mass is 241 g/mol. The third-order valence-electron chi connectivity index (χ3n) is 2.51. The van der Waals surface area contributed by atoms with E-state index in [4.69, 9.17) is 16.3 Å². The average molecular weight is 242 g/mol. The van der Waals surface area contributed by atoms with Gasteiger partial charge < -0.3 is 10.1 Å². The van der Waals surface area contributed by atoms with Crippen LogP contribution in [0.15, 0.2) is 18.2 Å². The second-order valence-corrected chi connectivity index (χ2v) is 4.27. The number of anilines is 1. The first-order chi connectivity index (χ1) is 7.77. The van der Waals surface area contributed by atoms with Gasteiger partial charge in [-0.15, -0.1) is 0 Å². The molecule has 1 rings (SSSR count). The van der Waals surface area contributed by atoms with Crippen molar-refractivity contribution in [1.29, 1.82) is 0 Å². The van der Waals surface area contributed by atoms with E-state index < -0.39 is 0 Å². The molecule has 1 N–H and O–H groups in total. The minimum absolute atomic E-state index is 0.733. The maximum atomic E-state index is 5.94. The van der Waals surface area contributed by atoms with Gasteiger partial charge >= 0.3 is 0 Å². The molecule has 0 spiro atoms. The summed E-state index contributed by atoms with van der Waals surface area (Å²) in [6, 6.07) is 5.62. The quantitative estimate of drug-likeness (QED) is 0.717. The number of hydrogen-bond donors (Lipinski definition) is 1. The Kier molecular flexibility index (Phi) is 6.09. The molecule has 0 saturated carbocycles. The van der Waals surface area contributed by atoms with E-state index in [-0.39, 0.29) is 0 Å². The van der Waals surface area contributed by atoms with Crippen LogP contribution in [0.5, 0.6) is 5.75 Å². The zero-order valence-corrected chi connectivity index (χ0v) is 10.8. The van der Waals surface area contributed by atoms with Crippen LogP contribution in [0.2, 0.25) is 5.02 Å². The number of methoxy groups -OCH3 is 1. The molecule has 2 nitrogen and oxygen atoms in total. The van der Waals surface area contributed by atoms with E-state index in [0.717, 1.165) is 23.0 Å². The second kappa shape index (κ2) is 7.39. The normalized spacial score (nSPS) is 10.2. The number of nitrogens with one attached hydrogen (secondary N) is 1. The summed E-state index contributed by atoms with van der Waals surface area (Å²) in [7, 11) is 1.67. The summed E-state index contributed by atoms with van der Waals surface area (Å²) in [4.78, 5) is 0. The summed E-state index contributed by atoms with van der Waals surface area (Å²) < 4.78 is 5.26. The third kappa shape index (κ3) is 4.31. The van der Waals surface area contributed by atoms with Crippen LogP contribution in [0, 0.1) is 0 Å². The van der Waals surface area contributed by atoms with Gasteiger partial charge in [-0.2, -0.15) is 0 Å². The van der Waals surface area contributed by atoms with Gasteiger partial charge in [0.2, 0.25) is 0 Å². The molecule has 0 aliphatic heterocycles. The Labute approximate surface area is 103 Å². The highest BCUT2D eigenvalue weighted by Gasteiger charge is 2.02. The van der Waals surface area contributed by atoms with Gasteiger partial charge in [0.15, 0.2) is 0 Å². The zero-order chi connectivity index (χ0) is 11.8. The smallest absolute Gasteiger partial charge is 0.142 e. The van der Waals surface area contributed by atoms with Crippen molar-refractivity contribution in [3.05, 3.63) is 23.2 Å². The summed E-state index contributed by atoms with van der Waals surface area (Å²) in [5, 5.41) is 4.09. The van der Waals surface area contributed by atoms with Gasteiger partial charge in [-0.05, 0) is 24.6 Å². The predicted octanol–water partition coefficient (Wildman–Crippen LogP) is 4.34. The van der Waals surface area contributed by atoms with Gasteiger partial charge in [0, 0.05) is 11.6 Å². The molecular weight excluding hydrogens is 222 g/mol. The first-order valence-electron chi connectivity index (χ1n) is 5.85. The van der Waals surface area contributed by atoms with Gasteiger partial charge in [-0.3, -0.25) is 0 Å². The van der Waals surface area contributed by atoms with Gasteiger partial charge in [-0.25, -0.2) is 0 Å². The summed E-state index contributed by atoms with van der Waals surface area (Å²) in [6.45, 7) is 3.18. The maximum absolute atomic E-state index is 5.94. The molecule has 16 heavy (non-hydrogen) atoms. The van der Waals surface area contributed by atoms with Gasteiger partial charge in [0.25, 0.3) is 0 Å². The number of unbranched alkanes of at least 4 members (excludes halogenated alkanes) is 3. The summed E-state index contributed by atoms with van der Waals surface area (Å²) >= 11 is 5.94. The SMILES string of the molecule is CCCCCCNc1cc(Cl)ccc1OC. The van der Waals surface area contributed by atoms with Crippen molar-refractivity contribution in [1.82, 2.24) is 0 Å². The van der Waals surface area contributed by atoms with Crippen molar-refractivity contribution in [2.75, 3.05) is 19.0 Å². The molecule has 1 aromatic carbocycles. The molecule has 0 fully saturated rings. The van der Waals surface area contributed by atoms with E-state index >= 15 is 0 Å². The average Bonchev–Trinajstić information content (AvgIpc) is 2.29. The lowest BCUT2D eigenvalue weighted by atomic mass is 10.2. The summed E-state index contributed by atoms with van der Waals surface area (Å²) in [5.74, 6) is 0.847. The van der Waals surface area contributed by atoms with E-state index in [9.17, 15) is 0 Å². The lowest BCUT2D eigenvalue weighted by molar-refractivity contribution is 0.416.